The molecule has 32 heavy (non-hydrogen) atoms. The Bertz CT molecular complexity index is 1190. The lowest BCUT2D eigenvalue weighted by Crippen LogP contribution is -2.22. The number of imidazole rings is 1. The second-order valence-corrected chi connectivity index (χ2v) is 11.0. The van der Waals surface area contributed by atoms with Crippen LogP contribution in [0.1, 0.15) is 25.6 Å². The molecule has 172 valence electrons. The summed E-state index contributed by atoms with van der Waals surface area (Å²) in [5, 5.41) is 0.701. The number of carbonyl (C=O) groups excluding carboxylic acids is 1. The van der Waals surface area contributed by atoms with Gasteiger partial charge in [-0.1, -0.05) is 11.6 Å². The number of sulfonamides is 1. The maximum Gasteiger partial charge on any atom is 0.306 e. The van der Waals surface area contributed by atoms with Crippen LogP contribution >= 0.6 is 23.4 Å². The summed E-state index contributed by atoms with van der Waals surface area (Å²) in [6, 6.07) is 12.5. The van der Waals surface area contributed by atoms with Crippen LogP contribution in [0.15, 0.2) is 52.3 Å². The summed E-state index contributed by atoms with van der Waals surface area (Å²) in [5.41, 5.74) is 1.36. The molecule has 0 saturated carbocycles. The normalized spacial score (nSPS) is 11.9. The lowest BCUT2D eigenvalue weighted by atomic mass is 10.3. The van der Waals surface area contributed by atoms with Crippen molar-refractivity contribution in [2.75, 3.05) is 19.8 Å². The van der Waals surface area contributed by atoms with E-state index >= 15 is 0 Å². The number of ether oxygens (including phenoxy) is 1. The van der Waals surface area contributed by atoms with Gasteiger partial charge in [0.15, 0.2) is 0 Å². The predicted molar refractivity (Wildman–Crippen MR) is 127 cm³/mol. The third kappa shape index (κ3) is 5.83. The molecule has 3 rings (SSSR count). The molecule has 0 aliphatic carbocycles. The van der Waals surface area contributed by atoms with Crippen LogP contribution in [-0.2, 0) is 32.7 Å². The molecule has 0 aliphatic rings. The Kier molecular flexibility index (Phi) is 8.21. The van der Waals surface area contributed by atoms with Crippen molar-refractivity contribution < 1.29 is 17.9 Å². The van der Waals surface area contributed by atoms with Crippen LogP contribution in [0.5, 0.6) is 0 Å². The fourth-order valence-electron chi connectivity index (χ4n) is 3.15. The van der Waals surface area contributed by atoms with Crippen molar-refractivity contribution in [2.24, 2.45) is 0 Å². The molecule has 0 unspecified atom stereocenters. The van der Waals surface area contributed by atoms with Gasteiger partial charge >= 0.3 is 5.97 Å². The summed E-state index contributed by atoms with van der Waals surface area (Å²) in [6.07, 6.45) is 1.01. The molecule has 1 heterocycles. The minimum atomic E-state index is -3.55. The van der Waals surface area contributed by atoms with Crippen molar-refractivity contribution in [1.29, 1.82) is 0 Å². The number of benzene rings is 2. The van der Waals surface area contributed by atoms with Crippen molar-refractivity contribution in [1.82, 2.24) is 13.9 Å². The molecule has 0 N–H and O–H groups in total. The molecule has 0 radical (unpaired) electrons. The highest BCUT2D eigenvalue weighted by atomic mass is 35.5. The van der Waals surface area contributed by atoms with Gasteiger partial charge in [-0.2, -0.15) is 0 Å². The van der Waals surface area contributed by atoms with Gasteiger partial charge in [-0.15, -0.1) is 11.8 Å². The monoisotopic (exact) mass is 495 g/mol. The number of rotatable bonds is 10. The molecule has 0 aliphatic heterocycles. The van der Waals surface area contributed by atoms with E-state index in [0.717, 1.165) is 16.2 Å². The second-order valence-electron chi connectivity index (χ2n) is 7.28. The number of halogens is 1. The Hall–Kier alpha value is -2.07. The molecule has 1 aromatic heterocycles. The fourth-order valence-corrected chi connectivity index (χ4v) is 5.05. The molecular weight excluding hydrogens is 470 g/mol. The Labute approximate surface area is 197 Å². The zero-order chi connectivity index (χ0) is 23.3. The molecule has 0 amide bonds. The van der Waals surface area contributed by atoms with E-state index in [1.54, 1.807) is 30.0 Å². The van der Waals surface area contributed by atoms with Crippen molar-refractivity contribution in [3.05, 3.63) is 53.3 Å². The molecule has 0 fully saturated rings. The maximum absolute atomic E-state index is 12.4. The van der Waals surface area contributed by atoms with Crippen molar-refractivity contribution in [3.8, 4) is 0 Å². The zero-order valence-corrected chi connectivity index (χ0v) is 20.6. The van der Waals surface area contributed by atoms with Crippen LogP contribution in [0.2, 0.25) is 5.02 Å². The minimum absolute atomic E-state index is 0.0431. The third-order valence-electron chi connectivity index (χ3n) is 4.86. The van der Waals surface area contributed by atoms with E-state index in [1.807, 2.05) is 35.8 Å². The van der Waals surface area contributed by atoms with Crippen LogP contribution in [-0.4, -0.2) is 48.1 Å². The van der Waals surface area contributed by atoms with E-state index in [0.29, 0.717) is 35.8 Å². The van der Waals surface area contributed by atoms with Crippen LogP contribution in [0.25, 0.3) is 11.0 Å². The van der Waals surface area contributed by atoms with Gasteiger partial charge in [-0.05, 0) is 61.6 Å². The highest BCUT2D eigenvalue weighted by molar-refractivity contribution is 7.99. The highest BCUT2D eigenvalue weighted by Crippen LogP contribution is 2.23. The van der Waals surface area contributed by atoms with E-state index in [4.69, 9.17) is 16.3 Å². The summed E-state index contributed by atoms with van der Waals surface area (Å²) in [6.45, 7) is 2.63. The first kappa shape index (κ1) is 24.6. The van der Waals surface area contributed by atoms with E-state index in [9.17, 15) is 13.2 Å². The van der Waals surface area contributed by atoms with Crippen LogP contribution in [0.3, 0.4) is 0 Å². The number of thioether (sulfide) groups is 1. The fraction of sp³-hybridized carbons (Fsp3) is 0.364. The van der Waals surface area contributed by atoms with Gasteiger partial charge < -0.3 is 9.30 Å². The number of hydrogen-bond donors (Lipinski definition) is 0. The number of hydrogen-bond acceptors (Lipinski definition) is 6. The van der Waals surface area contributed by atoms with Crippen molar-refractivity contribution in [3.63, 3.8) is 0 Å². The van der Waals surface area contributed by atoms with Gasteiger partial charge in [0.05, 0.1) is 15.9 Å². The molecule has 0 spiro atoms. The minimum Gasteiger partial charge on any atom is -0.458 e. The van der Waals surface area contributed by atoms with Crippen LogP contribution in [0, 0.1) is 0 Å². The summed E-state index contributed by atoms with van der Waals surface area (Å²) >= 11 is 7.55. The van der Waals surface area contributed by atoms with Gasteiger partial charge in [0, 0.05) is 37.0 Å². The second kappa shape index (κ2) is 10.7. The average molecular weight is 496 g/mol. The number of carbonyl (C=O) groups is 1. The van der Waals surface area contributed by atoms with Gasteiger partial charge in [-0.25, -0.2) is 17.7 Å². The van der Waals surface area contributed by atoms with Crippen molar-refractivity contribution in [2.45, 2.75) is 42.7 Å². The topological polar surface area (TPSA) is 81.5 Å². The van der Waals surface area contributed by atoms with Gasteiger partial charge in [-0.3, -0.25) is 4.79 Å². The molecule has 10 heteroatoms. The lowest BCUT2D eigenvalue weighted by Gasteiger charge is -2.11. The average Bonchev–Trinajstić information content (AvgIpc) is 3.13. The Balaban J connectivity index is 1.58. The highest BCUT2D eigenvalue weighted by Gasteiger charge is 2.20. The number of aryl methyl sites for hydroxylation is 1. The summed E-state index contributed by atoms with van der Waals surface area (Å²) in [7, 11) is -0.571. The smallest absolute Gasteiger partial charge is 0.306 e. The number of esters is 1. The third-order valence-corrected chi connectivity index (χ3v) is 8.02. The molecule has 0 atom stereocenters. The summed E-state index contributed by atoms with van der Waals surface area (Å²) in [5.74, 6) is 1.10. The van der Waals surface area contributed by atoms with E-state index < -0.39 is 10.0 Å². The SMILES string of the molecule is CCn1c(COC(=O)CCCSc2ccc(Cl)cc2)nc2cc(S(=O)(=O)N(C)C)ccc21. The predicted octanol–water partition coefficient (Wildman–Crippen LogP) is 4.58. The van der Waals surface area contributed by atoms with E-state index in [-0.39, 0.29) is 17.5 Å². The summed E-state index contributed by atoms with van der Waals surface area (Å²) in [4.78, 5) is 18.0. The summed E-state index contributed by atoms with van der Waals surface area (Å²) < 4.78 is 33.3. The maximum atomic E-state index is 12.4. The first-order chi connectivity index (χ1) is 15.2. The number of fused-ring (bicyclic) bond motifs is 1. The standard InChI is InChI=1S/C22H26ClN3O4S2/c1-4-26-20-12-11-18(32(28,29)25(2)3)14-19(20)24-21(26)15-30-22(27)6-5-13-31-17-9-7-16(23)8-10-17/h7-12,14H,4-6,13,15H2,1-3H3. The van der Waals surface area contributed by atoms with Gasteiger partial charge in [0.25, 0.3) is 0 Å². The molecule has 0 bridgehead atoms. The molecule has 2 aromatic carbocycles. The molecule has 0 saturated heterocycles. The lowest BCUT2D eigenvalue weighted by molar-refractivity contribution is -0.145. The van der Waals surface area contributed by atoms with Gasteiger partial charge in [0.2, 0.25) is 10.0 Å². The number of nitrogens with zero attached hydrogens (tertiary/aromatic N) is 3. The number of aromatic nitrogens is 2. The Morgan fingerprint density at radius 1 is 1.19 bits per heavy atom. The van der Waals surface area contributed by atoms with Crippen molar-refractivity contribution >= 4 is 50.4 Å². The molecule has 3 aromatic rings. The molecule has 7 nitrogen and oxygen atoms in total. The Morgan fingerprint density at radius 2 is 1.91 bits per heavy atom. The van der Waals surface area contributed by atoms with Crippen LogP contribution < -0.4 is 0 Å². The Morgan fingerprint density at radius 3 is 2.56 bits per heavy atom. The first-order valence-corrected chi connectivity index (χ1v) is 13.0. The van der Waals surface area contributed by atoms with Crippen LogP contribution in [0.4, 0.5) is 0 Å². The molecular formula is C22H26ClN3O4S2. The van der Waals surface area contributed by atoms with E-state index in [1.165, 1.54) is 18.4 Å². The zero-order valence-electron chi connectivity index (χ0n) is 18.2. The largest absolute Gasteiger partial charge is 0.458 e. The van der Waals surface area contributed by atoms with Gasteiger partial charge in [0.1, 0.15) is 12.4 Å². The van der Waals surface area contributed by atoms with E-state index in [2.05, 4.69) is 4.98 Å². The quantitative estimate of drug-likeness (QED) is 0.233. The first-order valence-electron chi connectivity index (χ1n) is 10.2.